The van der Waals surface area contributed by atoms with Crippen molar-refractivity contribution >= 4 is 5.69 Å². The Balaban J connectivity index is 2.31. The van der Waals surface area contributed by atoms with Gasteiger partial charge in [-0.25, -0.2) is 0 Å². The minimum absolute atomic E-state index is 1.03. The summed E-state index contributed by atoms with van der Waals surface area (Å²) in [4.78, 5) is 2.49. The third-order valence-electron chi connectivity index (χ3n) is 3.34. The molecule has 0 saturated heterocycles. The van der Waals surface area contributed by atoms with Crippen LogP contribution in [-0.2, 0) is 13.0 Å². The monoisotopic (exact) mass is 218 g/mol. The van der Waals surface area contributed by atoms with Crippen molar-refractivity contribution < 1.29 is 0 Å². The standard InChI is InChI=1S/C14H22N2/c1-3-10-16(4-2)14-7-5-6-12-8-9-15-11-13(12)14/h5-7,15H,3-4,8-11H2,1-2H3. The molecule has 2 rings (SSSR count). The van der Waals surface area contributed by atoms with Gasteiger partial charge in [0.25, 0.3) is 0 Å². The molecule has 2 heteroatoms. The number of nitrogens with one attached hydrogen (secondary N) is 1. The average molecular weight is 218 g/mol. The molecule has 2 nitrogen and oxygen atoms in total. The Kier molecular flexibility index (Phi) is 3.83. The molecule has 0 saturated carbocycles. The van der Waals surface area contributed by atoms with Crippen molar-refractivity contribution in [3.63, 3.8) is 0 Å². The highest BCUT2D eigenvalue weighted by Gasteiger charge is 2.15. The van der Waals surface area contributed by atoms with Crippen molar-refractivity contribution in [3.05, 3.63) is 29.3 Å². The van der Waals surface area contributed by atoms with Crippen LogP contribution in [0.1, 0.15) is 31.4 Å². The van der Waals surface area contributed by atoms with E-state index in [1.807, 2.05) is 0 Å². The molecule has 0 fully saturated rings. The Bertz CT molecular complexity index is 347. The molecule has 0 spiro atoms. The fourth-order valence-corrected chi connectivity index (χ4v) is 2.51. The van der Waals surface area contributed by atoms with Crippen LogP contribution in [0.4, 0.5) is 5.69 Å². The molecule has 0 atom stereocenters. The summed E-state index contributed by atoms with van der Waals surface area (Å²) in [7, 11) is 0. The third kappa shape index (κ3) is 2.22. The molecule has 0 unspecified atom stereocenters. The normalized spacial score (nSPS) is 14.6. The first-order chi connectivity index (χ1) is 7.86. The fourth-order valence-electron chi connectivity index (χ4n) is 2.51. The van der Waals surface area contributed by atoms with Gasteiger partial charge in [0.15, 0.2) is 0 Å². The largest absolute Gasteiger partial charge is 0.372 e. The molecule has 0 aromatic heterocycles. The maximum absolute atomic E-state index is 3.48. The van der Waals surface area contributed by atoms with E-state index >= 15 is 0 Å². The Labute approximate surface area is 98.7 Å². The molecule has 88 valence electrons. The van der Waals surface area contributed by atoms with E-state index in [1.54, 1.807) is 0 Å². The van der Waals surface area contributed by atoms with Gasteiger partial charge in [-0.15, -0.1) is 0 Å². The van der Waals surface area contributed by atoms with Crippen molar-refractivity contribution in [2.45, 2.75) is 33.2 Å². The summed E-state index contributed by atoms with van der Waals surface area (Å²) in [6, 6.07) is 6.75. The van der Waals surface area contributed by atoms with Crippen molar-refractivity contribution in [2.75, 3.05) is 24.5 Å². The second-order valence-electron chi connectivity index (χ2n) is 4.42. The lowest BCUT2D eigenvalue weighted by Gasteiger charge is -2.29. The van der Waals surface area contributed by atoms with Gasteiger partial charge in [-0.05, 0) is 43.5 Å². The van der Waals surface area contributed by atoms with Crippen molar-refractivity contribution in [1.29, 1.82) is 0 Å². The number of hydrogen-bond acceptors (Lipinski definition) is 2. The maximum atomic E-state index is 3.48. The Hall–Kier alpha value is -1.02. The van der Waals surface area contributed by atoms with E-state index < -0.39 is 0 Å². The molecule has 1 aromatic rings. The predicted molar refractivity (Wildman–Crippen MR) is 70.0 cm³/mol. The first-order valence-electron chi connectivity index (χ1n) is 6.43. The van der Waals surface area contributed by atoms with Gasteiger partial charge >= 0.3 is 0 Å². The van der Waals surface area contributed by atoms with Crippen LogP contribution in [0.15, 0.2) is 18.2 Å². The minimum Gasteiger partial charge on any atom is -0.372 e. The zero-order chi connectivity index (χ0) is 11.4. The van der Waals surface area contributed by atoms with Gasteiger partial charge in [0, 0.05) is 25.3 Å². The highest BCUT2D eigenvalue weighted by molar-refractivity contribution is 5.57. The number of hydrogen-bond donors (Lipinski definition) is 1. The Morgan fingerprint density at radius 3 is 2.94 bits per heavy atom. The van der Waals surface area contributed by atoms with E-state index in [0.29, 0.717) is 0 Å². The van der Waals surface area contributed by atoms with Gasteiger partial charge in [0.2, 0.25) is 0 Å². The molecule has 0 radical (unpaired) electrons. The molecular weight excluding hydrogens is 196 g/mol. The Morgan fingerprint density at radius 1 is 1.31 bits per heavy atom. The SMILES string of the molecule is CCCN(CC)c1cccc2c1CNCC2. The third-order valence-corrected chi connectivity index (χ3v) is 3.34. The first kappa shape index (κ1) is 11.5. The second kappa shape index (κ2) is 5.35. The first-order valence-corrected chi connectivity index (χ1v) is 6.43. The smallest absolute Gasteiger partial charge is 0.0414 e. The predicted octanol–water partition coefficient (Wildman–Crippen LogP) is 2.57. The summed E-state index contributed by atoms with van der Waals surface area (Å²) in [6.45, 7) is 8.90. The van der Waals surface area contributed by atoms with E-state index in [-0.39, 0.29) is 0 Å². The second-order valence-corrected chi connectivity index (χ2v) is 4.42. The topological polar surface area (TPSA) is 15.3 Å². The molecule has 1 heterocycles. The van der Waals surface area contributed by atoms with Crippen LogP contribution in [0.25, 0.3) is 0 Å². The molecule has 0 amide bonds. The molecule has 16 heavy (non-hydrogen) atoms. The summed E-state index contributed by atoms with van der Waals surface area (Å²) in [5, 5.41) is 3.48. The average Bonchev–Trinajstić information content (AvgIpc) is 2.35. The molecular formula is C14H22N2. The van der Waals surface area contributed by atoms with Gasteiger partial charge in [-0.3, -0.25) is 0 Å². The van der Waals surface area contributed by atoms with Gasteiger partial charge in [-0.2, -0.15) is 0 Å². The zero-order valence-electron chi connectivity index (χ0n) is 10.4. The van der Waals surface area contributed by atoms with Gasteiger partial charge in [0.05, 0.1) is 0 Å². The summed E-state index contributed by atoms with van der Waals surface area (Å²) in [5.74, 6) is 0. The summed E-state index contributed by atoms with van der Waals surface area (Å²) in [5.41, 5.74) is 4.49. The van der Waals surface area contributed by atoms with Crippen LogP contribution in [-0.4, -0.2) is 19.6 Å². The van der Waals surface area contributed by atoms with Crippen molar-refractivity contribution in [3.8, 4) is 0 Å². The van der Waals surface area contributed by atoms with E-state index in [4.69, 9.17) is 0 Å². The molecule has 1 aliphatic heterocycles. The van der Waals surface area contributed by atoms with Crippen LogP contribution in [0.3, 0.4) is 0 Å². The highest BCUT2D eigenvalue weighted by Crippen LogP contribution is 2.26. The van der Waals surface area contributed by atoms with Crippen molar-refractivity contribution in [1.82, 2.24) is 5.32 Å². The van der Waals surface area contributed by atoms with E-state index in [1.165, 1.54) is 29.7 Å². The lowest BCUT2D eigenvalue weighted by atomic mass is 9.98. The van der Waals surface area contributed by atoms with Crippen LogP contribution >= 0.6 is 0 Å². The minimum atomic E-state index is 1.03. The highest BCUT2D eigenvalue weighted by atomic mass is 15.1. The molecule has 0 bridgehead atoms. The molecule has 1 N–H and O–H groups in total. The number of fused-ring (bicyclic) bond motifs is 1. The number of nitrogens with zero attached hydrogens (tertiary/aromatic N) is 1. The van der Waals surface area contributed by atoms with E-state index in [2.05, 4.69) is 42.3 Å². The van der Waals surface area contributed by atoms with Crippen LogP contribution in [0, 0.1) is 0 Å². The fraction of sp³-hybridized carbons (Fsp3) is 0.571. The lowest BCUT2D eigenvalue weighted by Crippen LogP contribution is -2.29. The number of rotatable bonds is 4. The molecule has 1 aromatic carbocycles. The zero-order valence-corrected chi connectivity index (χ0v) is 10.4. The van der Waals surface area contributed by atoms with E-state index in [0.717, 1.165) is 26.2 Å². The Morgan fingerprint density at radius 2 is 2.19 bits per heavy atom. The summed E-state index contributed by atoms with van der Waals surface area (Å²) in [6.07, 6.45) is 2.39. The molecule has 1 aliphatic rings. The van der Waals surface area contributed by atoms with Crippen LogP contribution in [0.2, 0.25) is 0 Å². The summed E-state index contributed by atoms with van der Waals surface area (Å²) < 4.78 is 0. The summed E-state index contributed by atoms with van der Waals surface area (Å²) >= 11 is 0. The van der Waals surface area contributed by atoms with Gasteiger partial charge < -0.3 is 10.2 Å². The quantitative estimate of drug-likeness (QED) is 0.835. The van der Waals surface area contributed by atoms with E-state index in [9.17, 15) is 0 Å². The molecule has 0 aliphatic carbocycles. The lowest BCUT2D eigenvalue weighted by molar-refractivity contribution is 0.639. The van der Waals surface area contributed by atoms with Gasteiger partial charge in [-0.1, -0.05) is 19.1 Å². The number of benzene rings is 1. The maximum Gasteiger partial charge on any atom is 0.0414 e. The van der Waals surface area contributed by atoms with Crippen LogP contribution < -0.4 is 10.2 Å². The van der Waals surface area contributed by atoms with Crippen molar-refractivity contribution in [2.24, 2.45) is 0 Å². The van der Waals surface area contributed by atoms with Crippen LogP contribution in [0.5, 0.6) is 0 Å². The van der Waals surface area contributed by atoms with Gasteiger partial charge in [0.1, 0.15) is 0 Å². The number of anilines is 1.